The Morgan fingerprint density at radius 1 is 1.33 bits per heavy atom. The van der Waals surface area contributed by atoms with E-state index < -0.39 is 0 Å². The number of carbonyl (C=O) groups is 1. The minimum atomic E-state index is 0.194. The van der Waals surface area contributed by atoms with Gasteiger partial charge in [-0.15, -0.1) is 0 Å². The average molecular weight is 253 g/mol. The summed E-state index contributed by atoms with van der Waals surface area (Å²) in [5, 5.41) is 3.32. The number of carbonyl (C=O) groups excluding carboxylic acids is 1. The minimum absolute atomic E-state index is 0.194. The summed E-state index contributed by atoms with van der Waals surface area (Å²) in [7, 11) is 2.00. The number of piperidine rings is 1. The Bertz CT molecular complexity index is 287. The quantitative estimate of drug-likeness (QED) is 0.807. The van der Waals surface area contributed by atoms with E-state index in [1.54, 1.807) is 0 Å². The molecule has 2 aliphatic heterocycles. The van der Waals surface area contributed by atoms with E-state index in [9.17, 15) is 4.79 Å². The molecule has 2 fully saturated rings. The number of nitrogens with one attached hydrogen (secondary N) is 1. The third-order valence-corrected chi connectivity index (χ3v) is 4.73. The van der Waals surface area contributed by atoms with Gasteiger partial charge in [0.15, 0.2) is 0 Å². The van der Waals surface area contributed by atoms with E-state index in [2.05, 4.69) is 24.1 Å². The van der Waals surface area contributed by atoms with Gasteiger partial charge in [0, 0.05) is 32.7 Å². The summed E-state index contributed by atoms with van der Waals surface area (Å²) >= 11 is 0. The lowest BCUT2D eigenvalue weighted by atomic mass is 9.94. The molecule has 0 aromatic carbocycles. The highest BCUT2D eigenvalue weighted by atomic mass is 16.2. The average Bonchev–Trinajstić information content (AvgIpc) is 2.83. The van der Waals surface area contributed by atoms with Gasteiger partial charge in [-0.05, 0) is 31.8 Å². The fourth-order valence-corrected chi connectivity index (χ4v) is 3.21. The van der Waals surface area contributed by atoms with Gasteiger partial charge in [-0.1, -0.05) is 13.8 Å². The van der Waals surface area contributed by atoms with E-state index >= 15 is 0 Å². The molecule has 0 aliphatic carbocycles. The van der Waals surface area contributed by atoms with Gasteiger partial charge in [0.1, 0.15) is 0 Å². The Morgan fingerprint density at radius 3 is 2.50 bits per heavy atom. The maximum atomic E-state index is 12.5. The molecule has 0 radical (unpaired) electrons. The third kappa shape index (κ3) is 2.86. The Hall–Kier alpha value is -0.610. The molecule has 0 aromatic heterocycles. The summed E-state index contributed by atoms with van der Waals surface area (Å²) in [5.74, 6) is 1.03. The van der Waals surface area contributed by atoms with Crippen molar-refractivity contribution < 1.29 is 4.79 Å². The van der Waals surface area contributed by atoms with E-state index in [4.69, 9.17) is 0 Å². The molecule has 0 unspecified atom stereocenters. The van der Waals surface area contributed by atoms with Crippen LogP contribution in [0.25, 0.3) is 0 Å². The van der Waals surface area contributed by atoms with Crippen molar-refractivity contribution in [2.45, 2.75) is 32.7 Å². The van der Waals surface area contributed by atoms with Crippen LogP contribution in [0.3, 0.4) is 0 Å². The molecular weight excluding hydrogens is 226 g/mol. The highest BCUT2D eigenvalue weighted by molar-refractivity contribution is 5.79. The normalized spacial score (nSPS) is 30.6. The predicted molar refractivity (Wildman–Crippen MR) is 73.4 cm³/mol. The van der Waals surface area contributed by atoms with Crippen LogP contribution in [0, 0.1) is 11.8 Å². The van der Waals surface area contributed by atoms with Crippen molar-refractivity contribution in [2.24, 2.45) is 11.8 Å². The lowest BCUT2D eigenvalue weighted by molar-refractivity contribution is -0.137. The molecule has 0 aromatic rings. The Labute approximate surface area is 111 Å². The number of hydrogen-bond acceptors (Lipinski definition) is 3. The van der Waals surface area contributed by atoms with Gasteiger partial charge in [-0.25, -0.2) is 0 Å². The van der Waals surface area contributed by atoms with Gasteiger partial charge in [0.05, 0.1) is 5.92 Å². The van der Waals surface area contributed by atoms with Crippen molar-refractivity contribution >= 4 is 5.91 Å². The molecule has 0 spiro atoms. The van der Waals surface area contributed by atoms with Crippen molar-refractivity contribution in [3.63, 3.8) is 0 Å². The molecule has 2 rings (SSSR count). The van der Waals surface area contributed by atoms with Crippen LogP contribution in [0.2, 0.25) is 0 Å². The SMILES string of the molecule is CCN1CCC(N(C)C(=O)[C@@H]2CNC[C@H]2C)CC1. The summed E-state index contributed by atoms with van der Waals surface area (Å²) in [4.78, 5) is 17.0. The highest BCUT2D eigenvalue weighted by Gasteiger charge is 2.34. The zero-order valence-electron chi connectivity index (χ0n) is 12.0. The second-order valence-corrected chi connectivity index (χ2v) is 5.86. The highest BCUT2D eigenvalue weighted by Crippen LogP contribution is 2.22. The van der Waals surface area contributed by atoms with Crippen LogP contribution in [0.5, 0.6) is 0 Å². The third-order valence-electron chi connectivity index (χ3n) is 4.73. The van der Waals surface area contributed by atoms with E-state index in [1.807, 2.05) is 11.9 Å². The lowest BCUT2D eigenvalue weighted by Gasteiger charge is -2.37. The van der Waals surface area contributed by atoms with Gasteiger partial charge in [0.25, 0.3) is 0 Å². The monoisotopic (exact) mass is 253 g/mol. The van der Waals surface area contributed by atoms with Crippen molar-refractivity contribution in [3.8, 4) is 0 Å². The van der Waals surface area contributed by atoms with Crippen LogP contribution in [-0.4, -0.2) is 61.5 Å². The molecule has 18 heavy (non-hydrogen) atoms. The standard InChI is InChI=1S/C14H27N3O/c1-4-17-7-5-12(6-8-17)16(3)14(18)13-10-15-9-11(13)2/h11-13,15H,4-10H2,1-3H3/t11-,13-/m1/s1. The Kier molecular flexibility index (Phi) is 4.62. The van der Waals surface area contributed by atoms with Crippen LogP contribution >= 0.6 is 0 Å². The largest absolute Gasteiger partial charge is 0.342 e. The zero-order valence-corrected chi connectivity index (χ0v) is 12.0. The molecular formula is C14H27N3O. The van der Waals surface area contributed by atoms with Crippen molar-refractivity contribution in [1.29, 1.82) is 0 Å². The minimum Gasteiger partial charge on any atom is -0.342 e. The second kappa shape index (κ2) is 6.02. The maximum absolute atomic E-state index is 12.5. The van der Waals surface area contributed by atoms with Crippen molar-refractivity contribution in [3.05, 3.63) is 0 Å². The molecule has 0 bridgehead atoms. The fraction of sp³-hybridized carbons (Fsp3) is 0.929. The molecule has 0 saturated carbocycles. The fourth-order valence-electron chi connectivity index (χ4n) is 3.21. The van der Waals surface area contributed by atoms with Crippen molar-refractivity contribution in [2.75, 3.05) is 39.8 Å². The summed E-state index contributed by atoms with van der Waals surface area (Å²) in [6.07, 6.45) is 2.26. The molecule has 2 aliphatic rings. The van der Waals surface area contributed by atoms with Gasteiger partial charge < -0.3 is 15.1 Å². The van der Waals surface area contributed by atoms with Crippen LogP contribution in [-0.2, 0) is 4.79 Å². The Balaban J connectivity index is 1.87. The van der Waals surface area contributed by atoms with E-state index in [0.29, 0.717) is 17.9 Å². The van der Waals surface area contributed by atoms with Gasteiger partial charge in [-0.3, -0.25) is 4.79 Å². The zero-order chi connectivity index (χ0) is 13.1. The van der Waals surface area contributed by atoms with Gasteiger partial charge in [-0.2, -0.15) is 0 Å². The van der Waals surface area contributed by atoms with Gasteiger partial charge in [0.2, 0.25) is 5.91 Å². The second-order valence-electron chi connectivity index (χ2n) is 5.86. The van der Waals surface area contributed by atoms with Crippen LogP contribution < -0.4 is 5.32 Å². The predicted octanol–water partition coefficient (Wildman–Crippen LogP) is 0.785. The first kappa shape index (κ1) is 13.8. The number of likely N-dealkylation sites (tertiary alicyclic amines) is 1. The van der Waals surface area contributed by atoms with E-state index in [0.717, 1.165) is 45.6 Å². The lowest BCUT2D eigenvalue weighted by Crippen LogP contribution is -2.48. The number of rotatable bonds is 3. The van der Waals surface area contributed by atoms with Crippen molar-refractivity contribution in [1.82, 2.24) is 15.1 Å². The van der Waals surface area contributed by atoms with E-state index in [1.165, 1.54) is 0 Å². The topological polar surface area (TPSA) is 35.6 Å². The molecule has 2 heterocycles. The Morgan fingerprint density at radius 2 is 2.00 bits per heavy atom. The molecule has 2 atom stereocenters. The number of amides is 1. The summed E-state index contributed by atoms with van der Waals surface area (Å²) in [5.41, 5.74) is 0. The number of nitrogens with zero attached hydrogens (tertiary/aromatic N) is 2. The molecule has 4 nitrogen and oxygen atoms in total. The van der Waals surface area contributed by atoms with Gasteiger partial charge >= 0.3 is 0 Å². The summed E-state index contributed by atoms with van der Waals surface area (Å²) in [6.45, 7) is 9.64. The molecule has 4 heteroatoms. The number of hydrogen-bond donors (Lipinski definition) is 1. The molecule has 1 amide bonds. The first-order valence-corrected chi connectivity index (χ1v) is 7.33. The molecule has 2 saturated heterocycles. The van der Waals surface area contributed by atoms with Crippen LogP contribution in [0.1, 0.15) is 26.7 Å². The van der Waals surface area contributed by atoms with Crippen LogP contribution in [0.15, 0.2) is 0 Å². The van der Waals surface area contributed by atoms with Crippen LogP contribution in [0.4, 0.5) is 0 Å². The first-order valence-electron chi connectivity index (χ1n) is 7.33. The first-order chi connectivity index (χ1) is 8.63. The van der Waals surface area contributed by atoms with E-state index in [-0.39, 0.29) is 5.92 Å². The summed E-state index contributed by atoms with van der Waals surface area (Å²) < 4.78 is 0. The summed E-state index contributed by atoms with van der Waals surface area (Å²) in [6, 6.07) is 0.452. The maximum Gasteiger partial charge on any atom is 0.227 e. The molecule has 104 valence electrons. The molecule has 1 N–H and O–H groups in total. The smallest absolute Gasteiger partial charge is 0.227 e.